The minimum Gasteiger partial charge on any atom is -0.465 e. The van der Waals surface area contributed by atoms with E-state index < -0.39 is 5.97 Å². The highest BCUT2D eigenvalue weighted by Gasteiger charge is 2.11. The summed E-state index contributed by atoms with van der Waals surface area (Å²) in [6.45, 7) is 0. The molecule has 1 aromatic rings. The third kappa shape index (κ3) is 2.23. The fourth-order valence-electron chi connectivity index (χ4n) is 0.985. The second-order valence-corrected chi connectivity index (χ2v) is 2.88. The number of esters is 1. The minimum atomic E-state index is -0.545. The van der Waals surface area contributed by atoms with Crippen LogP contribution in [0.25, 0.3) is 0 Å². The van der Waals surface area contributed by atoms with Crippen LogP contribution in [0.2, 0.25) is 5.02 Å². The maximum Gasteiger partial charge on any atom is 0.340 e. The Hall–Kier alpha value is -1.55. The van der Waals surface area contributed by atoms with Crippen molar-refractivity contribution >= 4 is 29.7 Å². The van der Waals surface area contributed by atoms with Gasteiger partial charge in [0.1, 0.15) is 0 Å². The quantitative estimate of drug-likeness (QED) is 0.614. The van der Waals surface area contributed by atoms with Crippen molar-refractivity contribution in [1.29, 1.82) is 0 Å². The third-order valence-electron chi connectivity index (χ3n) is 1.60. The van der Waals surface area contributed by atoms with E-state index in [1.165, 1.54) is 19.2 Å². The summed E-state index contributed by atoms with van der Waals surface area (Å²) in [7, 11) is 1.26. The van der Waals surface area contributed by atoms with Gasteiger partial charge in [-0.05, 0) is 18.2 Å². The molecular weight excluding hydrogens is 206 g/mol. The van der Waals surface area contributed by atoms with Crippen LogP contribution < -0.4 is 5.32 Å². The van der Waals surface area contributed by atoms with Gasteiger partial charge in [-0.3, -0.25) is 4.79 Å². The lowest BCUT2D eigenvalue weighted by Gasteiger charge is -2.06. The van der Waals surface area contributed by atoms with E-state index in [2.05, 4.69) is 10.1 Å². The van der Waals surface area contributed by atoms with Gasteiger partial charge in [0.05, 0.1) is 18.4 Å². The van der Waals surface area contributed by atoms with Gasteiger partial charge in [0.15, 0.2) is 0 Å². The second kappa shape index (κ2) is 4.62. The van der Waals surface area contributed by atoms with Gasteiger partial charge >= 0.3 is 5.97 Å². The highest BCUT2D eigenvalue weighted by molar-refractivity contribution is 6.31. The standard InChI is InChI=1S/C9H8ClNO3/c1-14-9(13)7-4-6(10)2-3-8(7)11-5-12/h2-5H,1H3,(H,11,12). The molecule has 0 spiro atoms. The molecule has 0 fully saturated rings. The van der Waals surface area contributed by atoms with Crippen molar-refractivity contribution in [3.8, 4) is 0 Å². The summed E-state index contributed by atoms with van der Waals surface area (Å²) in [6.07, 6.45) is 0.482. The van der Waals surface area contributed by atoms with Crippen LogP contribution in [0.5, 0.6) is 0 Å². The van der Waals surface area contributed by atoms with E-state index in [-0.39, 0.29) is 5.56 Å². The lowest BCUT2D eigenvalue weighted by Crippen LogP contribution is -2.06. The fraction of sp³-hybridized carbons (Fsp3) is 0.111. The van der Waals surface area contributed by atoms with E-state index in [9.17, 15) is 9.59 Å². The number of methoxy groups -OCH3 is 1. The number of carbonyl (C=O) groups excluding carboxylic acids is 2. The zero-order chi connectivity index (χ0) is 10.6. The van der Waals surface area contributed by atoms with Crippen LogP contribution in [-0.2, 0) is 9.53 Å². The summed E-state index contributed by atoms with van der Waals surface area (Å²) in [5.74, 6) is -0.545. The van der Waals surface area contributed by atoms with Crippen LogP contribution in [0.15, 0.2) is 18.2 Å². The zero-order valence-corrected chi connectivity index (χ0v) is 8.17. The van der Waals surface area contributed by atoms with Gasteiger partial charge in [-0.15, -0.1) is 0 Å². The average Bonchev–Trinajstić information content (AvgIpc) is 2.20. The summed E-state index contributed by atoms with van der Waals surface area (Å²) in [5, 5.41) is 2.78. The number of amides is 1. The largest absolute Gasteiger partial charge is 0.465 e. The molecule has 0 aliphatic heterocycles. The molecule has 4 nitrogen and oxygen atoms in total. The summed E-state index contributed by atoms with van der Waals surface area (Å²) >= 11 is 5.69. The maximum absolute atomic E-state index is 11.2. The molecule has 0 atom stereocenters. The molecule has 0 aromatic heterocycles. The Morgan fingerprint density at radius 3 is 2.86 bits per heavy atom. The predicted octanol–water partition coefficient (Wildman–Crippen LogP) is 1.69. The first-order chi connectivity index (χ1) is 6.69. The van der Waals surface area contributed by atoms with Crippen LogP contribution in [0.1, 0.15) is 10.4 Å². The number of hydrogen-bond donors (Lipinski definition) is 1. The maximum atomic E-state index is 11.2. The normalized spacial score (nSPS) is 9.29. The Labute approximate surface area is 85.8 Å². The molecule has 74 valence electrons. The molecule has 14 heavy (non-hydrogen) atoms. The lowest BCUT2D eigenvalue weighted by atomic mass is 10.2. The first-order valence-corrected chi connectivity index (χ1v) is 4.15. The average molecular weight is 214 g/mol. The number of hydrogen-bond acceptors (Lipinski definition) is 3. The minimum absolute atomic E-state index is 0.229. The van der Waals surface area contributed by atoms with E-state index in [0.717, 1.165) is 0 Å². The number of benzene rings is 1. The highest BCUT2D eigenvalue weighted by Crippen LogP contribution is 2.20. The highest BCUT2D eigenvalue weighted by atomic mass is 35.5. The van der Waals surface area contributed by atoms with E-state index >= 15 is 0 Å². The Morgan fingerprint density at radius 1 is 1.57 bits per heavy atom. The zero-order valence-electron chi connectivity index (χ0n) is 7.41. The van der Waals surface area contributed by atoms with Crippen molar-refractivity contribution in [2.24, 2.45) is 0 Å². The van der Waals surface area contributed by atoms with E-state index in [0.29, 0.717) is 17.1 Å². The molecule has 0 radical (unpaired) electrons. The number of carbonyl (C=O) groups is 2. The Kier molecular flexibility index (Phi) is 3.48. The van der Waals surface area contributed by atoms with Gasteiger partial charge in [0.25, 0.3) is 0 Å². The third-order valence-corrected chi connectivity index (χ3v) is 1.84. The Balaban J connectivity index is 3.14. The fourth-order valence-corrected chi connectivity index (χ4v) is 1.16. The van der Waals surface area contributed by atoms with E-state index in [1.54, 1.807) is 6.07 Å². The number of nitrogens with one attached hydrogen (secondary N) is 1. The molecule has 0 bridgehead atoms. The number of ether oxygens (including phenoxy) is 1. The smallest absolute Gasteiger partial charge is 0.340 e. The summed E-state index contributed by atoms with van der Waals surface area (Å²) < 4.78 is 4.52. The van der Waals surface area contributed by atoms with Crippen molar-refractivity contribution < 1.29 is 14.3 Å². The summed E-state index contributed by atoms with van der Waals surface area (Å²) in [5.41, 5.74) is 0.600. The lowest BCUT2D eigenvalue weighted by molar-refractivity contribution is -0.105. The van der Waals surface area contributed by atoms with Crippen molar-refractivity contribution in [3.63, 3.8) is 0 Å². The predicted molar refractivity (Wildman–Crippen MR) is 52.5 cm³/mol. The van der Waals surface area contributed by atoms with Crippen LogP contribution >= 0.6 is 11.6 Å². The number of halogens is 1. The molecule has 0 saturated heterocycles. The molecule has 1 rings (SSSR count). The van der Waals surface area contributed by atoms with Gasteiger partial charge in [0.2, 0.25) is 6.41 Å². The molecule has 1 aromatic carbocycles. The van der Waals surface area contributed by atoms with Gasteiger partial charge in [-0.2, -0.15) is 0 Å². The molecule has 0 unspecified atom stereocenters. The molecule has 1 N–H and O–H groups in total. The van der Waals surface area contributed by atoms with Gasteiger partial charge in [-0.25, -0.2) is 4.79 Å². The molecule has 1 amide bonds. The monoisotopic (exact) mass is 213 g/mol. The first kappa shape index (κ1) is 10.5. The summed E-state index contributed by atoms with van der Waals surface area (Å²) in [4.78, 5) is 21.5. The molecule has 0 heterocycles. The van der Waals surface area contributed by atoms with Crippen molar-refractivity contribution in [1.82, 2.24) is 0 Å². The van der Waals surface area contributed by atoms with Gasteiger partial charge < -0.3 is 10.1 Å². The molecule has 0 aliphatic rings. The van der Waals surface area contributed by atoms with Gasteiger partial charge in [0, 0.05) is 5.02 Å². The van der Waals surface area contributed by atoms with Crippen LogP contribution in [0, 0.1) is 0 Å². The van der Waals surface area contributed by atoms with Crippen molar-refractivity contribution in [2.75, 3.05) is 12.4 Å². The first-order valence-electron chi connectivity index (χ1n) is 3.77. The Morgan fingerprint density at radius 2 is 2.29 bits per heavy atom. The van der Waals surface area contributed by atoms with Crippen LogP contribution in [0.4, 0.5) is 5.69 Å². The second-order valence-electron chi connectivity index (χ2n) is 2.44. The topological polar surface area (TPSA) is 55.4 Å². The molecule has 0 saturated carbocycles. The Bertz CT molecular complexity index is 365. The number of anilines is 1. The van der Waals surface area contributed by atoms with Crippen LogP contribution in [0.3, 0.4) is 0 Å². The van der Waals surface area contributed by atoms with Crippen molar-refractivity contribution in [3.05, 3.63) is 28.8 Å². The van der Waals surface area contributed by atoms with Crippen LogP contribution in [-0.4, -0.2) is 19.5 Å². The molecule has 0 aliphatic carbocycles. The SMILES string of the molecule is COC(=O)c1cc(Cl)ccc1NC=O. The van der Waals surface area contributed by atoms with E-state index in [1.807, 2.05) is 0 Å². The molecular formula is C9H8ClNO3. The number of rotatable bonds is 3. The summed E-state index contributed by atoms with van der Waals surface area (Å²) in [6, 6.07) is 4.53. The molecule has 5 heteroatoms. The van der Waals surface area contributed by atoms with Gasteiger partial charge in [-0.1, -0.05) is 11.6 Å². The van der Waals surface area contributed by atoms with E-state index in [4.69, 9.17) is 11.6 Å². The van der Waals surface area contributed by atoms with Crippen molar-refractivity contribution in [2.45, 2.75) is 0 Å².